The lowest BCUT2D eigenvalue weighted by atomic mass is 9.93. The van der Waals surface area contributed by atoms with Gasteiger partial charge >= 0.3 is 0 Å². The van der Waals surface area contributed by atoms with E-state index in [2.05, 4.69) is 0 Å². The lowest BCUT2D eigenvalue weighted by Crippen LogP contribution is -2.56. The van der Waals surface area contributed by atoms with Gasteiger partial charge in [0.1, 0.15) is 26.5 Å². The van der Waals surface area contributed by atoms with E-state index in [9.17, 15) is 18.3 Å². The molecule has 1 amide bonds. The third-order valence-corrected chi connectivity index (χ3v) is 10.8. The van der Waals surface area contributed by atoms with E-state index in [1.54, 1.807) is 16.6 Å². The fourth-order valence-electron chi connectivity index (χ4n) is 5.19. The molecule has 3 fully saturated rings. The van der Waals surface area contributed by atoms with Crippen molar-refractivity contribution in [1.82, 2.24) is 19.5 Å². The predicted molar refractivity (Wildman–Crippen MR) is 130 cm³/mol. The Bertz CT molecular complexity index is 1430. The number of carbonyl (C=O) groups excluding carboxylic acids is 1. The van der Waals surface area contributed by atoms with Crippen LogP contribution in [0.3, 0.4) is 0 Å². The second-order valence-corrected chi connectivity index (χ2v) is 13.1. The Morgan fingerprint density at radius 3 is 2.43 bits per heavy atom. The zero-order valence-electron chi connectivity index (χ0n) is 19.9. The molecular weight excluding hydrogens is 488 g/mol. The Kier molecular flexibility index (Phi) is 5.08. The first-order valence-electron chi connectivity index (χ1n) is 11.9. The number of aliphatic hydroxyl groups is 1. The van der Waals surface area contributed by atoms with Crippen molar-refractivity contribution in [2.75, 3.05) is 20.2 Å². The molecule has 1 aromatic carbocycles. The SMILES string of the molecule is COc1ccc(-c2c(C)nc3sc(C(O)(C4CC4)C4CC4)nn23)cc1S(=O)(=O)C1CN(C(C)=O)C1. The number of ether oxygens (including phenoxy) is 1. The highest BCUT2D eigenvalue weighted by molar-refractivity contribution is 7.92. The molecule has 0 unspecified atom stereocenters. The Labute approximate surface area is 207 Å². The van der Waals surface area contributed by atoms with Crippen LogP contribution in [0.25, 0.3) is 16.2 Å². The molecule has 0 atom stereocenters. The maximum Gasteiger partial charge on any atom is 0.219 e. The van der Waals surface area contributed by atoms with E-state index in [4.69, 9.17) is 14.8 Å². The van der Waals surface area contributed by atoms with Gasteiger partial charge in [-0.25, -0.2) is 17.9 Å². The number of fused-ring (bicyclic) bond motifs is 1. The number of imidazole rings is 1. The standard InChI is InChI=1S/C24H28N4O5S2/c1-13-21(28-23(25-13)34-22(26-28)24(30,16-5-6-16)17-7-8-17)15-4-9-19(33-3)20(10-15)35(31,32)18-11-27(12-18)14(2)29/h4,9-10,16-18,30H,5-8,11-12H2,1-3H3. The smallest absolute Gasteiger partial charge is 0.219 e. The van der Waals surface area contributed by atoms with Gasteiger partial charge in [-0.05, 0) is 62.6 Å². The lowest BCUT2D eigenvalue weighted by Gasteiger charge is -2.38. The molecule has 2 aromatic heterocycles. The number of rotatable bonds is 7. The first-order valence-corrected chi connectivity index (χ1v) is 14.3. The summed E-state index contributed by atoms with van der Waals surface area (Å²) in [5.74, 6) is 0.644. The van der Waals surface area contributed by atoms with Gasteiger partial charge in [-0.2, -0.15) is 5.10 Å². The second-order valence-electron chi connectivity index (χ2n) is 9.98. The molecule has 1 aliphatic heterocycles. The minimum absolute atomic E-state index is 0.1000. The third kappa shape index (κ3) is 3.50. The Balaban J connectivity index is 1.42. The summed E-state index contributed by atoms with van der Waals surface area (Å²) in [6, 6.07) is 5.08. The maximum atomic E-state index is 13.4. The van der Waals surface area contributed by atoms with Crippen LogP contribution in [-0.4, -0.2) is 64.4 Å². The average Bonchev–Trinajstić information content (AvgIpc) is 3.69. The normalized spacial score (nSPS) is 19.3. The highest BCUT2D eigenvalue weighted by atomic mass is 32.2. The van der Waals surface area contributed by atoms with Crippen molar-refractivity contribution in [3.8, 4) is 17.0 Å². The summed E-state index contributed by atoms with van der Waals surface area (Å²) in [4.78, 5) is 18.6. The summed E-state index contributed by atoms with van der Waals surface area (Å²) < 4.78 is 34.0. The molecule has 35 heavy (non-hydrogen) atoms. The summed E-state index contributed by atoms with van der Waals surface area (Å²) in [7, 11) is -2.27. The Hall–Kier alpha value is -2.50. The van der Waals surface area contributed by atoms with E-state index in [0.717, 1.165) is 31.4 Å². The molecule has 2 aliphatic carbocycles. The number of nitrogens with zero attached hydrogens (tertiary/aromatic N) is 4. The highest BCUT2D eigenvalue weighted by Gasteiger charge is 2.56. The van der Waals surface area contributed by atoms with Gasteiger partial charge in [-0.1, -0.05) is 11.3 Å². The molecule has 6 rings (SSSR count). The monoisotopic (exact) mass is 516 g/mol. The minimum atomic E-state index is -3.72. The second kappa shape index (κ2) is 7.75. The van der Waals surface area contributed by atoms with Crippen molar-refractivity contribution in [1.29, 1.82) is 0 Å². The van der Waals surface area contributed by atoms with Gasteiger partial charge < -0.3 is 14.7 Å². The quantitative estimate of drug-likeness (QED) is 0.514. The molecular formula is C24H28N4O5S2. The summed E-state index contributed by atoms with van der Waals surface area (Å²) >= 11 is 1.42. The van der Waals surface area contributed by atoms with E-state index in [1.807, 2.05) is 13.0 Å². The number of aryl methyl sites for hydroxylation is 1. The summed E-state index contributed by atoms with van der Waals surface area (Å²) in [6.45, 7) is 3.67. The largest absolute Gasteiger partial charge is 0.495 e. The average molecular weight is 517 g/mol. The van der Waals surface area contributed by atoms with Crippen LogP contribution in [0.2, 0.25) is 0 Å². The molecule has 11 heteroatoms. The van der Waals surface area contributed by atoms with Crippen molar-refractivity contribution in [2.45, 2.75) is 55.3 Å². The molecule has 1 saturated heterocycles. The van der Waals surface area contributed by atoms with E-state index in [-0.39, 0.29) is 41.5 Å². The fraction of sp³-hybridized carbons (Fsp3) is 0.542. The number of aromatic nitrogens is 3. The number of amides is 1. The van der Waals surface area contributed by atoms with E-state index >= 15 is 0 Å². The van der Waals surface area contributed by atoms with Crippen LogP contribution in [0.1, 0.15) is 43.3 Å². The minimum Gasteiger partial charge on any atom is -0.495 e. The van der Waals surface area contributed by atoms with Crippen molar-refractivity contribution in [3.63, 3.8) is 0 Å². The van der Waals surface area contributed by atoms with Crippen molar-refractivity contribution in [3.05, 3.63) is 28.9 Å². The summed E-state index contributed by atoms with van der Waals surface area (Å²) in [5.41, 5.74) is 1.21. The highest BCUT2D eigenvalue weighted by Crippen LogP contribution is 2.58. The number of hydrogen-bond donors (Lipinski definition) is 1. The molecule has 3 aliphatic rings. The van der Waals surface area contributed by atoms with Gasteiger partial charge in [-0.15, -0.1) is 0 Å². The molecule has 3 aromatic rings. The topological polar surface area (TPSA) is 114 Å². The van der Waals surface area contributed by atoms with Gasteiger partial charge in [0.05, 0.1) is 18.5 Å². The van der Waals surface area contributed by atoms with Crippen LogP contribution in [0, 0.1) is 18.8 Å². The first-order chi connectivity index (χ1) is 16.6. The van der Waals surface area contributed by atoms with Gasteiger partial charge in [0.15, 0.2) is 9.84 Å². The first kappa shape index (κ1) is 22.9. The van der Waals surface area contributed by atoms with Gasteiger partial charge in [0.25, 0.3) is 0 Å². The van der Waals surface area contributed by atoms with Crippen molar-refractivity contribution in [2.24, 2.45) is 11.8 Å². The molecule has 9 nitrogen and oxygen atoms in total. The van der Waals surface area contributed by atoms with Crippen LogP contribution in [0.15, 0.2) is 23.1 Å². The summed E-state index contributed by atoms with van der Waals surface area (Å²) in [5, 5.41) is 16.4. The maximum absolute atomic E-state index is 13.4. The summed E-state index contributed by atoms with van der Waals surface area (Å²) in [6.07, 6.45) is 4.07. The van der Waals surface area contributed by atoms with Crippen LogP contribution >= 0.6 is 11.3 Å². The predicted octanol–water partition coefficient (Wildman–Crippen LogP) is 2.79. The molecule has 0 bridgehead atoms. The van der Waals surface area contributed by atoms with E-state index in [1.165, 1.54) is 30.3 Å². The van der Waals surface area contributed by atoms with Gasteiger partial charge in [-0.3, -0.25) is 4.79 Å². The molecule has 1 N–H and O–H groups in total. The molecule has 2 saturated carbocycles. The zero-order valence-corrected chi connectivity index (χ0v) is 21.5. The van der Waals surface area contributed by atoms with Crippen molar-refractivity contribution >= 4 is 32.0 Å². The van der Waals surface area contributed by atoms with E-state index < -0.39 is 20.7 Å². The zero-order chi connectivity index (χ0) is 24.7. The Morgan fingerprint density at radius 1 is 1.20 bits per heavy atom. The van der Waals surface area contributed by atoms with Gasteiger partial charge in [0.2, 0.25) is 10.9 Å². The number of hydrogen-bond acceptors (Lipinski definition) is 8. The third-order valence-electron chi connectivity index (χ3n) is 7.60. The number of likely N-dealkylation sites (tertiary alicyclic amines) is 1. The van der Waals surface area contributed by atoms with Crippen LogP contribution in [0.4, 0.5) is 0 Å². The Morgan fingerprint density at radius 2 is 1.86 bits per heavy atom. The number of methoxy groups -OCH3 is 1. The van der Waals surface area contributed by atoms with Crippen LogP contribution in [0.5, 0.6) is 5.75 Å². The fourth-order valence-corrected chi connectivity index (χ4v) is 8.22. The number of sulfone groups is 1. The van der Waals surface area contributed by atoms with Gasteiger partial charge in [0, 0.05) is 25.6 Å². The number of benzene rings is 1. The van der Waals surface area contributed by atoms with Crippen LogP contribution < -0.4 is 4.74 Å². The molecule has 0 spiro atoms. The molecule has 3 heterocycles. The van der Waals surface area contributed by atoms with Crippen molar-refractivity contribution < 1.29 is 23.1 Å². The molecule has 186 valence electrons. The molecule has 0 radical (unpaired) electrons. The van der Waals surface area contributed by atoms with E-state index in [0.29, 0.717) is 21.2 Å². The van der Waals surface area contributed by atoms with Crippen LogP contribution in [-0.2, 0) is 20.2 Å². The number of carbonyl (C=O) groups is 1. The lowest BCUT2D eigenvalue weighted by molar-refractivity contribution is -0.131.